The molecule has 6 heteroatoms. The predicted molar refractivity (Wildman–Crippen MR) is 283 cm³/mol. The number of esters is 3. The highest BCUT2D eigenvalue weighted by atomic mass is 16.6. The summed E-state index contributed by atoms with van der Waals surface area (Å²) in [6.45, 7) is 6.34. The Labute approximate surface area is 406 Å². The average Bonchev–Trinajstić information content (AvgIpc) is 3.31. The first-order chi connectivity index (χ1) is 32.5. The minimum Gasteiger partial charge on any atom is -0.462 e. The largest absolute Gasteiger partial charge is 0.462 e. The van der Waals surface area contributed by atoms with E-state index in [4.69, 9.17) is 14.2 Å². The summed E-state index contributed by atoms with van der Waals surface area (Å²) in [5.41, 5.74) is 0. The smallest absolute Gasteiger partial charge is 0.306 e. The zero-order valence-corrected chi connectivity index (χ0v) is 42.7. The molecule has 6 nitrogen and oxygen atoms in total. The van der Waals surface area contributed by atoms with Crippen molar-refractivity contribution < 1.29 is 28.6 Å². The van der Waals surface area contributed by atoms with Crippen LogP contribution in [0, 0.1) is 0 Å². The number of hydrogen-bond donors (Lipinski definition) is 0. The van der Waals surface area contributed by atoms with Gasteiger partial charge in [-0.1, -0.05) is 207 Å². The van der Waals surface area contributed by atoms with E-state index in [1.165, 1.54) is 64.2 Å². The predicted octanol–water partition coefficient (Wildman–Crippen LogP) is 17.9. The lowest BCUT2D eigenvalue weighted by Crippen LogP contribution is -2.30. The number of unbranched alkanes of at least 4 members (excludes halogenated alkanes) is 19. The lowest BCUT2D eigenvalue weighted by atomic mass is 10.1. The molecule has 0 aliphatic carbocycles. The van der Waals surface area contributed by atoms with Gasteiger partial charge in [-0.05, 0) is 116 Å². The first kappa shape index (κ1) is 62.1. The van der Waals surface area contributed by atoms with Gasteiger partial charge in [0.2, 0.25) is 0 Å². The molecule has 0 fully saturated rings. The van der Waals surface area contributed by atoms with Crippen LogP contribution in [0.15, 0.2) is 109 Å². The van der Waals surface area contributed by atoms with E-state index >= 15 is 0 Å². The van der Waals surface area contributed by atoms with Crippen LogP contribution in [0.2, 0.25) is 0 Å². The number of allylic oxidation sites excluding steroid dienone is 18. The molecule has 0 rings (SSSR count). The van der Waals surface area contributed by atoms with Crippen LogP contribution in [0.5, 0.6) is 0 Å². The van der Waals surface area contributed by atoms with Crippen molar-refractivity contribution >= 4 is 17.9 Å². The summed E-state index contributed by atoms with van der Waals surface area (Å²) in [6, 6.07) is 0. The minimum absolute atomic E-state index is 0.0997. The van der Waals surface area contributed by atoms with Crippen LogP contribution in [-0.2, 0) is 28.6 Å². The molecule has 66 heavy (non-hydrogen) atoms. The number of rotatable bonds is 47. The van der Waals surface area contributed by atoms with Crippen LogP contribution in [0.4, 0.5) is 0 Å². The van der Waals surface area contributed by atoms with Crippen molar-refractivity contribution in [2.45, 2.75) is 239 Å². The highest BCUT2D eigenvalue weighted by Crippen LogP contribution is 2.14. The van der Waals surface area contributed by atoms with Crippen LogP contribution in [-0.4, -0.2) is 37.2 Å². The molecule has 0 radical (unpaired) electrons. The molecule has 0 amide bonds. The van der Waals surface area contributed by atoms with E-state index in [9.17, 15) is 14.4 Å². The lowest BCUT2D eigenvalue weighted by molar-refractivity contribution is -0.167. The van der Waals surface area contributed by atoms with E-state index in [0.29, 0.717) is 19.3 Å². The summed E-state index contributed by atoms with van der Waals surface area (Å²) in [5, 5.41) is 0. The molecule has 0 aliphatic heterocycles. The second kappa shape index (κ2) is 53.7. The van der Waals surface area contributed by atoms with Crippen LogP contribution in [0.1, 0.15) is 233 Å². The van der Waals surface area contributed by atoms with Gasteiger partial charge in [-0.25, -0.2) is 0 Å². The summed E-state index contributed by atoms with van der Waals surface area (Å²) >= 11 is 0. The Morgan fingerprint density at radius 1 is 0.333 bits per heavy atom. The van der Waals surface area contributed by atoms with Crippen molar-refractivity contribution in [2.24, 2.45) is 0 Å². The van der Waals surface area contributed by atoms with Crippen LogP contribution < -0.4 is 0 Å². The Morgan fingerprint density at radius 2 is 0.636 bits per heavy atom. The summed E-state index contributed by atoms with van der Waals surface area (Å²) in [5.74, 6) is -0.956. The van der Waals surface area contributed by atoms with Gasteiger partial charge in [0.1, 0.15) is 13.2 Å². The van der Waals surface area contributed by atoms with Crippen LogP contribution in [0.3, 0.4) is 0 Å². The third-order valence-electron chi connectivity index (χ3n) is 11.0. The van der Waals surface area contributed by atoms with Gasteiger partial charge in [0.15, 0.2) is 6.10 Å². The van der Waals surface area contributed by atoms with Gasteiger partial charge in [-0.2, -0.15) is 0 Å². The van der Waals surface area contributed by atoms with Gasteiger partial charge >= 0.3 is 17.9 Å². The maximum absolute atomic E-state index is 12.8. The van der Waals surface area contributed by atoms with E-state index in [2.05, 4.69) is 130 Å². The monoisotopic (exact) mass is 915 g/mol. The Balaban J connectivity index is 4.48. The van der Waals surface area contributed by atoms with Crippen molar-refractivity contribution in [2.75, 3.05) is 13.2 Å². The van der Waals surface area contributed by atoms with Crippen LogP contribution >= 0.6 is 0 Å². The molecule has 0 bridgehead atoms. The fourth-order valence-electron chi connectivity index (χ4n) is 7.03. The van der Waals surface area contributed by atoms with E-state index in [-0.39, 0.29) is 31.1 Å². The van der Waals surface area contributed by atoms with Gasteiger partial charge in [-0.3, -0.25) is 14.4 Å². The topological polar surface area (TPSA) is 78.9 Å². The Bertz CT molecular complexity index is 1370. The zero-order chi connectivity index (χ0) is 47.9. The highest BCUT2D eigenvalue weighted by molar-refractivity contribution is 5.71. The SMILES string of the molecule is CC/C=C\C/C=C\C/C=C\C/C=C\C/C=C\CCCCCC(=O)OCC(COC(=O)CCCCCCCCC/C=C\C/C=C\CC)OC(=O)CCCCCCCC/C=C\C=C/CCCCC. The van der Waals surface area contributed by atoms with Gasteiger partial charge in [0.05, 0.1) is 0 Å². The quantitative estimate of drug-likeness (QED) is 0.0199. The Kier molecular flexibility index (Phi) is 50.5. The van der Waals surface area contributed by atoms with Gasteiger partial charge in [-0.15, -0.1) is 0 Å². The maximum Gasteiger partial charge on any atom is 0.306 e. The second-order valence-corrected chi connectivity index (χ2v) is 17.4. The molecule has 0 N–H and O–H groups in total. The van der Waals surface area contributed by atoms with E-state index < -0.39 is 6.10 Å². The molecule has 0 saturated carbocycles. The van der Waals surface area contributed by atoms with Crippen molar-refractivity contribution in [3.63, 3.8) is 0 Å². The number of ether oxygens (including phenoxy) is 3. The molecule has 1 atom stereocenters. The van der Waals surface area contributed by atoms with Crippen molar-refractivity contribution in [1.29, 1.82) is 0 Å². The number of carbonyl (C=O) groups is 3. The van der Waals surface area contributed by atoms with Crippen LogP contribution in [0.25, 0.3) is 0 Å². The molecule has 0 heterocycles. The standard InChI is InChI=1S/C60H98O6/c1-4-7-10-13-16-19-22-25-28-29-30-31-33-35-38-41-44-47-50-53-59(62)65-56-57(55-64-58(61)52-49-46-43-40-37-34-27-24-21-18-15-12-9-6-3)66-60(63)54-51-48-45-42-39-36-32-26-23-20-17-14-11-8-5-2/h7,9-10,12,16-21,23,25-26,28,30-31,35,38,57H,4-6,8,11,13-15,22,24,27,29,32-34,36-37,39-56H2,1-3H3/b10-7-,12-9-,19-16-,20-17-,21-18-,26-23-,28-25-,31-30-,38-35-. The first-order valence-electron chi connectivity index (χ1n) is 26.9. The lowest BCUT2D eigenvalue weighted by Gasteiger charge is -2.18. The Morgan fingerprint density at radius 3 is 1.03 bits per heavy atom. The van der Waals surface area contributed by atoms with E-state index in [0.717, 1.165) is 128 Å². The van der Waals surface area contributed by atoms with Crippen molar-refractivity contribution in [1.82, 2.24) is 0 Å². The van der Waals surface area contributed by atoms with E-state index in [1.54, 1.807) is 0 Å². The highest BCUT2D eigenvalue weighted by Gasteiger charge is 2.19. The zero-order valence-electron chi connectivity index (χ0n) is 42.7. The minimum atomic E-state index is -0.803. The number of hydrogen-bond acceptors (Lipinski definition) is 6. The molecule has 0 aliphatic rings. The fraction of sp³-hybridized carbons (Fsp3) is 0.650. The fourth-order valence-corrected chi connectivity index (χ4v) is 7.03. The summed E-state index contributed by atoms with van der Waals surface area (Å²) in [4.78, 5) is 38.1. The normalized spacial score (nSPS) is 13.0. The number of carbonyl (C=O) groups excluding carboxylic acids is 3. The summed E-state index contributed by atoms with van der Waals surface area (Å²) in [7, 11) is 0. The van der Waals surface area contributed by atoms with Crippen molar-refractivity contribution in [3.05, 3.63) is 109 Å². The van der Waals surface area contributed by atoms with Gasteiger partial charge < -0.3 is 14.2 Å². The Hall–Kier alpha value is -3.93. The molecule has 0 aromatic rings. The molecule has 0 spiro atoms. The molecule has 0 aromatic heterocycles. The molecular formula is C60H98O6. The summed E-state index contributed by atoms with van der Waals surface area (Å²) in [6.07, 6.45) is 72.1. The van der Waals surface area contributed by atoms with Crippen molar-refractivity contribution in [3.8, 4) is 0 Å². The van der Waals surface area contributed by atoms with E-state index in [1.807, 2.05) is 0 Å². The summed E-state index contributed by atoms with van der Waals surface area (Å²) < 4.78 is 16.8. The average molecular weight is 915 g/mol. The first-order valence-corrected chi connectivity index (χ1v) is 26.9. The molecule has 1 unspecified atom stereocenters. The van der Waals surface area contributed by atoms with Gasteiger partial charge in [0.25, 0.3) is 0 Å². The second-order valence-electron chi connectivity index (χ2n) is 17.4. The van der Waals surface area contributed by atoms with Gasteiger partial charge in [0, 0.05) is 19.3 Å². The molecule has 374 valence electrons. The third kappa shape index (κ3) is 51.1. The molecule has 0 aromatic carbocycles. The molecular weight excluding hydrogens is 817 g/mol. The molecule has 0 saturated heterocycles. The maximum atomic E-state index is 12.8. The third-order valence-corrected chi connectivity index (χ3v) is 11.0.